The van der Waals surface area contributed by atoms with Crippen LogP contribution in [-0.2, 0) is 9.59 Å². The van der Waals surface area contributed by atoms with Crippen molar-refractivity contribution in [3.05, 3.63) is 11.8 Å². The molecule has 6 heteroatoms. The lowest BCUT2D eigenvalue weighted by Gasteiger charge is -2.26. The maximum atomic E-state index is 12.2. The molecule has 1 aliphatic rings. The number of nitrogens with zero attached hydrogens (tertiary/aromatic N) is 3. The third kappa shape index (κ3) is 4.38. The van der Waals surface area contributed by atoms with Crippen molar-refractivity contribution in [1.82, 2.24) is 9.80 Å². The molecule has 0 aromatic rings. The quantitative estimate of drug-likeness (QED) is 0.580. The molecule has 0 aliphatic carbocycles. The molecule has 0 bridgehead atoms. The molecule has 2 N–H and O–H groups in total. The minimum absolute atomic E-state index is 0.00875. The topological polar surface area (TPSA) is 90.4 Å². The van der Waals surface area contributed by atoms with Gasteiger partial charge in [-0.25, -0.2) is 0 Å². The van der Waals surface area contributed by atoms with Gasteiger partial charge in [-0.15, -0.1) is 0 Å². The summed E-state index contributed by atoms with van der Waals surface area (Å²) in [5.41, 5.74) is 5.39. The summed E-state index contributed by atoms with van der Waals surface area (Å²) in [4.78, 5) is 26.5. The molecule has 0 atom stereocenters. The summed E-state index contributed by atoms with van der Waals surface area (Å²) < 4.78 is 0. The molecule has 1 saturated heterocycles. The van der Waals surface area contributed by atoms with Crippen LogP contribution in [0.4, 0.5) is 0 Å². The van der Waals surface area contributed by atoms with Crippen molar-refractivity contribution < 1.29 is 9.59 Å². The molecule has 0 aromatic carbocycles. The van der Waals surface area contributed by atoms with Crippen LogP contribution in [0.5, 0.6) is 0 Å². The number of amides is 2. The second-order valence-electron chi connectivity index (χ2n) is 4.51. The minimum Gasteiger partial charge on any atom is -0.338 e. The third-order valence-electron chi connectivity index (χ3n) is 3.05. The van der Waals surface area contributed by atoms with Gasteiger partial charge in [0.25, 0.3) is 5.91 Å². The van der Waals surface area contributed by atoms with Gasteiger partial charge in [-0.1, -0.05) is 0 Å². The largest absolute Gasteiger partial charge is 0.338 e. The van der Waals surface area contributed by atoms with Crippen molar-refractivity contribution in [2.75, 3.05) is 26.2 Å². The summed E-state index contributed by atoms with van der Waals surface area (Å²) in [6.45, 7) is 3.32. The molecule has 0 aromatic heterocycles. The first-order valence-electron chi connectivity index (χ1n) is 6.48. The summed E-state index contributed by atoms with van der Waals surface area (Å²) in [6, 6.07) is 1.88. The molecule has 6 nitrogen and oxygen atoms in total. The number of hydrogen-bond acceptors (Lipinski definition) is 4. The van der Waals surface area contributed by atoms with Gasteiger partial charge in [-0.05, 0) is 19.3 Å². The predicted molar refractivity (Wildman–Crippen MR) is 70.6 cm³/mol. The highest BCUT2D eigenvalue weighted by Crippen LogP contribution is 2.12. The molecule has 1 rings (SSSR count). The Balaban J connectivity index is 2.82. The molecule has 0 unspecified atom stereocenters. The first-order chi connectivity index (χ1) is 9.10. The van der Waals surface area contributed by atoms with Crippen LogP contribution >= 0.6 is 0 Å². The van der Waals surface area contributed by atoms with Gasteiger partial charge in [0.1, 0.15) is 11.6 Å². The number of carbonyl (C=O) groups excluding carboxylic acids is 2. The molecular weight excluding hydrogens is 244 g/mol. The molecular formula is C13H20N4O2. The molecule has 2 amide bonds. The fourth-order valence-electron chi connectivity index (χ4n) is 2.01. The van der Waals surface area contributed by atoms with E-state index in [1.807, 2.05) is 6.07 Å². The third-order valence-corrected chi connectivity index (χ3v) is 3.05. The number of carbonyl (C=O) groups is 2. The molecule has 1 fully saturated rings. The van der Waals surface area contributed by atoms with E-state index in [1.165, 1.54) is 18.0 Å². The number of nitriles is 1. The van der Waals surface area contributed by atoms with E-state index in [1.54, 1.807) is 4.90 Å². The Hall–Kier alpha value is -1.87. The Bertz CT molecular complexity index is 405. The van der Waals surface area contributed by atoms with Crippen LogP contribution in [0.2, 0.25) is 0 Å². The Labute approximate surface area is 113 Å². The second kappa shape index (κ2) is 7.54. The summed E-state index contributed by atoms with van der Waals surface area (Å²) in [6.07, 6.45) is 4.35. The van der Waals surface area contributed by atoms with E-state index in [2.05, 4.69) is 0 Å². The van der Waals surface area contributed by atoms with Crippen LogP contribution in [0.15, 0.2) is 11.8 Å². The van der Waals surface area contributed by atoms with E-state index in [0.717, 1.165) is 19.3 Å². The summed E-state index contributed by atoms with van der Waals surface area (Å²) in [7, 11) is 0. The Morgan fingerprint density at radius 1 is 1.37 bits per heavy atom. The fraction of sp³-hybridized carbons (Fsp3) is 0.615. The number of rotatable bonds is 4. The molecule has 1 aliphatic heterocycles. The minimum atomic E-state index is -0.300. The average Bonchev–Trinajstić information content (AvgIpc) is 2.43. The highest BCUT2D eigenvalue weighted by atomic mass is 16.2. The fourth-order valence-corrected chi connectivity index (χ4v) is 2.01. The van der Waals surface area contributed by atoms with E-state index in [0.29, 0.717) is 19.6 Å². The maximum Gasteiger partial charge on any atom is 0.266 e. The zero-order chi connectivity index (χ0) is 14.3. The van der Waals surface area contributed by atoms with Crippen LogP contribution in [0.1, 0.15) is 26.2 Å². The van der Waals surface area contributed by atoms with Crippen LogP contribution in [-0.4, -0.2) is 47.8 Å². The molecule has 0 spiro atoms. The van der Waals surface area contributed by atoms with E-state index in [4.69, 9.17) is 11.0 Å². The lowest BCUT2D eigenvalue weighted by Crippen LogP contribution is -2.37. The normalized spacial score (nSPS) is 15.8. The van der Waals surface area contributed by atoms with Crippen LogP contribution < -0.4 is 5.73 Å². The summed E-state index contributed by atoms with van der Waals surface area (Å²) >= 11 is 0. The highest BCUT2D eigenvalue weighted by molar-refractivity contribution is 5.97. The molecule has 0 radical (unpaired) electrons. The van der Waals surface area contributed by atoms with Crippen LogP contribution in [0.25, 0.3) is 0 Å². The van der Waals surface area contributed by atoms with E-state index in [9.17, 15) is 9.59 Å². The van der Waals surface area contributed by atoms with Gasteiger partial charge in [0, 0.05) is 39.3 Å². The molecule has 19 heavy (non-hydrogen) atoms. The van der Waals surface area contributed by atoms with Crippen molar-refractivity contribution >= 4 is 11.8 Å². The predicted octanol–water partition coefficient (Wildman–Crippen LogP) is 0.214. The SMILES string of the molecule is CC(=O)N(/C=C(/C#N)C(=O)N1CCCCC1)CCN. The van der Waals surface area contributed by atoms with Crippen molar-refractivity contribution in [1.29, 1.82) is 5.26 Å². The molecule has 104 valence electrons. The Kier molecular flexibility index (Phi) is 6.03. The number of nitrogens with two attached hydrogens (primary N) is 1. The van der Waals surface area contributed by atoms with Gasteiger partial charge in [-0.2, -0.15) is 5.26 Å². The number of likely N-dealkylation sites (tertiary alicyclic amines) is 1. The first-order valence-corrected chi connectivity index (χ1v) is 6.48. The maximum absolute atomic E-state index is 12.2. The Morgan fingerprint density at radius 2 is 2.00 bits per heavy atom. The van der Waals surface area contributed by atoms with Crippen molar-refractivity contribution in [2.45, 2.75) is 26.2 Å². The zero-order valence-electron chi connectivity index (χ0n) is 11.3. The summed E-state index contributed by atoms with van der Waals surface area (Å²) in [5, 5.41) is 9.09. The standard InChI is InChI=1S/C13H20N4O2/c1-11(18)17(8-5-14)10-12(9-15)13(19)16-6-3-2-4-7-16/h10H,2-8,14H2,1H3/b12-10-. The van der Waals surface area contributed by atoms with E-state index in [-0.39, 0.29) is 23.9 Å². The van der Waals surface area contributed by atoms with E-state index >= 15 is 0 Å². The first kappa shape index (κ1) is 15.2. The second-order valence-corrected chi connectivity index (χ2v) is 4.51. The zero-order valence-corrected chi connectivity index (χ0v) is 11.3. The van der Waals surface area contributed by atoms with Gasteiger partial charge in [0.05, 0.1) is 0 Å². The average molecular weight is 264 g/mol. The monoisotopic (exact) mass is 264 g/mol. The van der Waals surface area contributed by atoms with Gasteiger partial charge >= 0.3 is 0 Å². The number of piperidine rings is 1. The van der Waals surface area contributed by atoms with E-state index < -0.39 is 0 Å². The number of hydrogen-bond donors (Lipinski definition) is 1. The lowest BCUT2D eigenvalue weighted by molar-refractivity contribution is -0.127. The molecule has 0 saturated carbocycles. The lowest BCUT2D eigenvalue weighted by atomic mass is 10.1. The molecule has 1 heterocycles. The summed E-state index contributed by atoms with van der Waals surface area (Å²) in [5.74, 6) is -0.532. The van der Waals surface area contributed by atoms with Crippen molar-refractivity contribution in [2.24, 2.45) is 5.73 Å². The van der Waals surface area contributed by atoms with Crippen LogP contribution in [0.3, 0.4) is 0 Å². The van der Waals surface area contributed by atoms with Crippen molar-refractivity contribution in [3.8, 4) is 6.07 Å². The van der Waals surface area contributed by atoms with Crippen LogP contribution in [0, 0.1) is 11.3 Å². The smallest absolute Gasteiger partial charge is 0.266 e. The highest BCUT2D eigenvalue weighted by Gasteiger charge is 2.21. The van der Waals surface area contributed by atoms with Gasteiger partial charge in [-0.3, -0.25) is 9.59 Å². The van der Waals surface area contributed by atoms with Gasteiger partial charge in [0.15, 0.2) is 0 Å². The van der Waals surface area contributed by atoms with Gasteiger partial charge < -0.3 is 15.5 Å². The van der Waals surface area contributed by atoms with Crippen molar-refractivity contribution in [3.63, 3.8) is 0 Å². The Morgan fingerprint density at radius 3 is 2.47 bits per heavy atom. The van der Waals surface area contributed by atoms with Gasteiger partial charge in [0.2, 0.25) is 5.91 Å².